The number of hydrogen-bond donors (Lipinski definition) is 1. The van der Waals surface area contributed by atoms with Crippen molar-refractivity contribution in [2.24, 2.45) is 5.41 Å². The highest BCUT2D eigenvalue weighted by Gasteiger charge is 2.03. The van der Waals surface area contributed by atoms with Crippen LogP contribution in [-0.2, 0) is 0 Å². The Morgan fingerprint density at radius 1 is 1.36 bits per heavy atom. The van der Waals surface area contributed by atoms with Gasteiger partial charge in [0.25, 0.3) is 0 Å². The maximum absolute atomic E-state index is 5.68. The third kappa shape index (κ3) is 3.21. The second-order valence-electron chi connectivity index (χ2n) is 4.67. The van der Waals surface area contributed by atoms with Gasteiger partial charge >= 0.3 is 0 Å². The van der Waals surface area contributed by atoms with E-state index in [-0.39, 0.29) is 5.41 Å². The average Bonchev–Trinajstić information content (AvgIpc) is 2.06. The lowest BCUT2D eigenvalue weighted by molar-refractivity contribution is 0.547. The first-order valence-corrected chi connectivity index (χ1v) is 4.80. The van der Waals surface area contributed by atoms with Crippen molar-refractivity contribution in [3.05, 3.63) is 29.6 Å². The van der Waals surface area contributed by atoms with Gasteiger partial charge in [-0.15, -0.1) is 0 Å². The number of hydrogen-bond acceptors (Lipinski definition) is 2. The van der Waals surface area contributed by atoms with Crippen molar-refractivity contribution in [1.29, 1.82) is 0 Å². The Balaban J connectivity index is 2.89. The van der Waals surface area contributed by atoms with Crippen LogP contribution in [0.1, 0.15) is 32.0 Å². The molecule has 76 valence electrons. The molecule has 1 aromatic heterocycles. The van der Waals surface area contributed by atoms with Crippen LogP contribution < -0.4 is 5.73 Å². The number of rotatable bonds is 1. The van der Waals surface area contributed by atoms with E-state index in [1.54, 1.807) is 6.20 Å². The summed E-state index contributed by atoms with van der Waals surface area (Å²) in [4.78, 5) is 4.23. The van der Waals surface area contributed by atoms with Crippen LogP contribution in [0.25, 0.3) is 6.08 Å². The fraction of sp³-hybridized carbons (Fsp3) is 0.417. The lowest BCUT2D eigenvalue weighted by Crippen LogP contribution is -1.98. The van der Waals surface area contributed by atoms with Crippen LogP contribution in [0.2, 0.25) is 0 Å². The smallest absolute Gasteiger partial charge is 0.0630 e. The van der Waals surface area contributed by atoms with Crippen molar-refractivity contribution >= 4 is 11.8 Å². The van der Waals surface area contributed by atoms with Gasteiger partial charge in [-0.05, 0) is 30.0 Å². The van der Waals surface area contributed by atoms with E-state index in [9.17, 15) is 0 Å². The summed E-state index contributed by atoms with van der Waals surface area (Å²) in [5.41, 5.74) is 8.67. The fourth-order valence-electron chi connectivity index (χ4n) is 1.01. The molecule has 2 heteroatoms. The fourth-order valence-corrected chi connectivity index (χ4v) is 1.01. The van der Waals surface area contributed by atoms with Crippen molar-refractivity contribution in [2.45, 2.75) is 27.7 Å². The average molecular weight is 190 g/mol. The zero-order valence-electron chi connectivity index (χ0n) is 9.33. The minimum Gasteiger partial charge on any atom is -0.397 e. The van der Waals surface area contributed by atoms with Crippen LogP contribution in [0.3, 0.4) is 0 Å². The van der Waals surface area contributed by atoms with Crippen molar-refractivity contribution in [1.82, 2.24) is 4.98 Å². The molecule has 0 atom stereocenters. The lowest BCUT2D eigenvalue weighted by Gasteiger charge is -2.10. The highest BCUT2D eigenvalue weighted by atomic mass is 14.7. The zero-order valence-corrected chi connectivity index (χ0v) is 9.33. The second-order valence-corrected chi connectivity index (χ2v) is 4.67. The number of allylic oxidation sites excluding steroid dienone is 1. The van der Waals surface area contributed by atoms with Gasteiger partial charge in [0.2, 0.25) is 0 Å². The number of pyridine rings is 1. The standard InChI is InChI=1S/C12H18N2/c1-9-7-10(14-8-11(9)13)5-6-12(2,3)4/h5-8H,13H2,1-4H3/b6-5+. The molecule has 0 amide bonds. The quantitative estimate of drug-likeness (QED) is 0.739. The summed E-state index contributed by atoms with van der Waals surface area (Å²) < 4.78 is 0. The Morgan fingerprint density at radius 3 is 2.50 bits per heavy atom. The molecule has 2 N–H and O–H groups in total. The lowest BCUT2D eigenvalue weighted by atomic mass is 9.96. The minimum absolute atomic E-state index is 0.191. The van der Waals surface area contributed by atoms with Gasteiger partial charge in [-0.3, -0.25) is 4.98 Å². The summed E-state index contributed by atoms with van der Waals surface area (Å²) in [6.07, 6.45) is 5.88. The molecule has 1 rings (SSSR count). The number of nitrogens with two attached hydrogens (primary N) is 1. The molecule has 0 unspecified atom stereocenters. The first-order valence-electron chi connectivity index (χ1n) is 4.80. The summed E-state index contributed by atoms with van der Waals surface area (Å²) in [6, 6.07) is 2.00. The summed E-state index contributed by atoms with van der Waals surface area (Å²) in [5, 5.41) is 0. The molecule has 0 aromatic carbocycles. The number of nitrogen functional groups attached to an aromatic ring is 1. The van der Waals surface area contributed by atoms with E-state index in [2.05, 4.69) is 31.8 Å². The van der Waals surface area contributed by atoms with Gasteiger partial charge in [-0.25, -0.2) is 0 Å². The molecule has 0 bridgehead atoms. The number of aromatic nitrogens is 1. The zero-order chi connectivity index (χ0) is 10.8. The van der Waals surface area contributed by atoms with Crippen LogP contribution in [0, 0.1) is 12.3 Å². The van der Waals surface area contributed by atoms with Gasteiger partial charge in [0.1, 0.15) is 0 Å². The molecular formula is C12H18N2. The SMILES string of the molecule is Cc1cc(/C=C/C(C)(C)C)ncc1N. The van der Waals surface area contributed by atoms with Crippen molar-refractivity contribution in [3.63, 3.8) is 0 Å². The molecule has 0 aliphatic rings. The monoisotopic (exact) mass is 190 g/mol. The van der Waals surface area contributed by atoms with Gasteiger partial charge in [-0.1, -0.05) is 26.8 Å². The predicted molar refractivity (Wildman–Crippen MR) is 61.9 cm³/mol. The molecule has 0 radical (unpaired) electrons. The largest absolute Gasteiger partial charge is 0.397 e. The van der Waals surface area contributed by atoms with E-state index in [1.807, 2.05) is 19.1 Å². The van der Waals surface area contributed by atoms with Gasteiger partial charge in [-0.2, -0.15) is 0 Å². The molecule has 0 aliphatic heterocycles. The highest BCUT2D eigenvalue weighted by molar-refractivity contribution is 5.52. The van der Waals surface area contributed by atoms with Crippen LogP contribution in [0.5, 0.6) is 0 Å². The first-order chi connectivity index (χ1) is 6.38. The second kappa shape index (κ2) is 3.82. The van der Waals surface area contributed by atoms with Crippen LogP contribution >= 0.6 is 0 Å². The number of aryl methyl sites for hydroxylation is 1. The third-order valence-electron chi connectivity index (χ3n) is 1.93. The van der Waals surface area contributed by atoms with Crippen LogP contribution in [0.4, 0.5) is 5.69 Å². The van der Waals surface area contributed by atoms with Crippen molar-refractivity contribution in [3.8, 4) is 0 Å². The Morgan fingerprint density at radius 2 is 2.00 bits per heavy atom. The maximum Gasteiger partial charge on any atom is 0.0630 e. The molecule has 0 saturated heterocycles. The minimum atomic E-state index is 0.191. The van der Waals surface area contributed by atoms with E-state index in [0.717, 1.165) is 16.9 Å². The van der Waals surface area contributed by atoms with Crippen molar-refractivity contribution < 1.29 is 0 Å². The Kier molecular flexibility index (Phi) is 2.94. The topological polar surface area (TPSA) is 38.9 Å². The third-order valence-corrected chi connectivity index (χ3v) is 1.93. The molecule has 2 nitrogen and oxygen atoms in total. The molecule has 1 aromatic rings. The normalized spacial score (nSPS) is 12.3. The molecule has 0 spiro atoms. The molecule has 1 heterocycles. The predicted octanol–water partition coefficient (Wildman–Crippen LogP) is 3.03. The van der Waals surface area contributed by atoms with E-state index in [4.69, 9.17) is 5.73 Å². The highest BCUT2D eigenvalue weighted by Crippen LogP contribution is 2.17. The number of nitrogens with zero attached hydrogens (tertiary/aromatic N) is 1. The van der Waals surface area contributed by atoms with E-state index >= 15 is 0 Å². The Bertz CT molecular complexity index is 346. The summed E-state index contributed by atoms with van der Waals surface area (Å²) >= 11 is 0. The van der Waals surface area contributed by atoms with Crippen LogP contribution in [0.15, 0.2) is 18.3 Å². The molecule has 0 saturated carbocycles. The molecule has 0 fully saturated rings. The first kappa shape index (κ1) is 10.8. The van der Waals surface area contributed by atoms with E-state index < -0.39 is 0 Å². The number of anilines is 1. The molecular weight excluding hydrogens is 172 g/mol. The summed E-state index contributed by atoms with van der Waals surface area (Å²) in [7, 11) is 0. The molecule has 0 aliphatic carbocycles. The Hall–Kier alpha value is -1.31. The van der Waals surface area contributed by atoms with Gasteiger partial charge in [0.15, 0.2) is 0 Å². The van der Waals surface area contributed by atoms with E-state index in [0.29, 0.717) is 0 Å². The van der Waals surface area contributed by atoms with E-state index in [1.165, 1.54) is 0 Å². The van der Waals surface area contributed by atoms with Crippen LogP contribution in [-0.4, -0.2) is 4.98 Å². The van der Waals surface area contributed by atoms with Gasteiger partial charge in [0, 0.05) is 0 Å². The summed E-state index contributed by atoms with van der Waals surface area (Å²) in [6.45, 7) is 8.47. The summed E-state index contributed by atoms with van der Waals surface area (Å²) in [5.74, 6) is 0. The Labute approximate surface area is 85.9 Å². The van der Waals surface area contributed by atoms with Gasteiger partial charge < -0.3 is 5.73 Å². The molecule has 14 heavy (non-hydrogen) atoms. The maximum atomic E-state index is 5.68. The van der Waals surface area contributed by atoms with Crippen molar-refractivity contribution in [2.75, 3.05) is 5.73 Å². The van der Waals surface area contributed by atoms with Gasteiger partial charge in [0.05, 0.1) is 17.6 Å².